The molecule has 2 saturated carbocycles. The molecule has 1 aliphatic heterocycles. The molecular formula is C38H41OP. The van der Waals surface area contributed by atoms with Crippen LogP contribution in [0.4, 0.5) is 0 Å². The molecule has 2 fully saturated rings. The van der Waals surface area contributed by atoms with Gasteiger partial charge in [0.05, 0.1) is 13.2 Å². The van der Waals surface area contributed by atoms with E-state index in [4.69, 9.17) is 4.74 Å². The maximum atomic E-state index is 6.36. The minimum absolute atomic E-state index is 0.350. The number of benzene rings is 4. The summed E-state index contributed by atoms with van der Waals surface area (Å²) in [6.45, 7) is 1.42. The molecule has 0 atom stereocenters. The van der Waals surface area contributed by atoms with Gasteiger partial charge in [-0.25, -0.2) is 0 Å². The van der Waals surface area contributed by atoms with Gasteiger partial charge >= 0.3 is 0 Å². The highest BCUT2D eigenvalue weighted by molar-refractivity contribution is 7.67. The lowest BCUT2D eigenvalue weighted by Gasteiger charge is -2.41. The van der Waals surface area contributed by atoms with Crippen LogP contribution >= 0.6 is 7.92 Å². The quantitative estimate of drug-likeness (QED) is 0.219. The molecule has 4 aromatic carbocycles. The molecule has 2 heteroatoms. The first kappa shape index (κ1) is 26.2. The summed E-state index contributed by atoms with van der Waals surface area (Å²) >= 11 is 0. The molecule has 0 saturated heterocycles. The molecule has 0 spiro atoms. The molecule has 1 nitrogen and oxygen atoms in total. The molecule has 0 N–H and O–H groups in total. The summed E-state index contributed by atoms with van der Waals surface area (Å²) in [6.07, 6.45) is 14.0. The minimum atomic E-state index is -0.350. The van der Waals surface area contributed by atoms with Crippen molar-refractivity contribution in [3.05, 3.63) is 102 Å². The third-order valence-electron chi connectivity index (χ3n) is 9.57. The van der Waals surface area contributed by atoms with Gasteiger partial charge in [0.25, 0.3) is 0 Å². The second kappa shape index (κ2) is 12.0. The van der Waals surface area contributed by atoms with Crippen LogP contribution in [0.3, 0.4) is 0 Å². The Labute approximate surface area is 241 Å². The average Bonchev–Trinajstić information content (AvgIpc) is 3.52. The zero-order valence-corrected chi connectivity index (χ0v) is 24.6. The van der Waals surface area contributed by atoms with Crippen molar-refractivity contribution in [1.82, 2.24) is 0 Å². The number of hydrogen-bond acceptors (Lipinski definition) is 1. The zero-order chi connectivity index (χ0) is 26.7. The second-order valence-electron chi connectivity index (χ2n) is 12.0. The molecule has 0 unspecified atom stereocenters. The Morgan fingerprint density at radius 2 is 0.850 bits per heavy atom. The Bertz CT molecular complexity index is 1400. The van der Waals surface area contributed by atoms with Gasteiger partial charge in [-0.3, -0.25) is 0 Å². The summed E-state index contributed by atoms with van der Waals surface area (Å²) < 4.78 is 6.36. The molecule has 204 valence electrons. The molecule has 0 amide bonds. The Kier molecular flexibility index (Phi) is 7.87. The van der Waals surface area contributed by atoms with Crippen LogP contribution in [0, 0.1) is 0 Å². The van der Waals surface area contributed by atoms with Crippen LogP contribution in [-0.4, -0.2) is 11.3 Å². The fourth-order valence-corrected chi connectivity index (χ4v) is 12.0. The predicted molar refractivity (Wildman–Crippen MR) is 172 cm³/mol. The van der Waals surface area contributed by atoms with Crippen LogP contribution in [0.5, 0.6) is 0 Å². The molecule has 7 rings (SSSR count). The maximum absolute atomic E-state index is 6.36. The van der Waals surface area contributed by atoms with E-state index in [0.29, 0.717) is 6.61 Å². The lowest BCUT2D eigenvalue weighted by Crippen LogP contribution is -2.29. The van der Waals surface area contributed by atoms with E-state index >= 15 is 0 Å². The maximum Gasteiger partial charge on any atom is 0.0731 e. The van der Waals surface area contributed by atoms with Gasteiger partial charge in [-0.1, -0.05) is 137 Å². The van der Waals surface area contributed by atoms with E-state index in [9.17, 15) is 0 Å². The van der Waals surface area contributed by atoms with Gasteiger partial charge in [-0.05, 0) is 86.8 Å². The first-order valence-corrected chi connectivity index (χ1v) is 17.1. The van der Waals surface area contributed by atoms with Crippen LogP contribution in [-0.2, 0) is 18.0 Å². The molecule has 0 bridgehead atoms. The number of hydrogen-bond donors (Lipinski definition) is 0. The van der Waals surface area contributed by atoms with Crippen molar-refractivity contribution < 1.29 is 4.74 Å². The van der Waals surface area contributed by atoms with E-state index in [0.717, 1.165) is 17.9 Å². The van der Waals surface area contributed by atoms with Gasteiger partial charge in [0.15, 0.2) is 0 Å². The zero-order valence-electron chi connectivity index (χ0n) is 23.7. The normalized spacial score (nSPS) is 18.2. The Hall–Kier alpha value is -2.73. The van der Waals surface area contributed by atoms with E-state index in [1.54, 1.807) is 5.30 Å². The minimum Gasteiger partial charge on any atom is -0.372 e. The third-order valence-corrected chi connectivity index (χ3v) is 13.1. The van der Waals surface area contributed by atoms with Gasteiger partial charge in [0.1, 0.15) is 0 Å². The van der Waals surface area contributed by atoms with Gasteiger partial charge in [-0.2, -0.15) is 0 Å². The molecular weight excluding hydrogens is 503 g/mol. The number of ether oxygens (including phenoxy) is 1. The first-order valence-electron chi connectivity index (χ1n) is 15.6. The molecule has 4 aromatic rings. The van der Waals surface area contributed by atoms with Crippen LogP contribution in [0.15, 0.2) is 91.0 Å². The summed E-state index contributed by atoms with van der Waals surface area (Å²) in [4.78, 5) is 0. The third kappa shape index (κ3) is 4.97. The molecule has 40 heavy (non-hydrogen) atoms. The van der Waals surface area contributed by atoms with Gasteiger partial charge in [-0.15, -0.1) is 0 Å². The standard InChI is InChI=1S/C38H41OP/c1-6-16-28(17-7-1)35-33-26-39-27-34(33)36(29-18-8-2-9-19-29)38(37(35)30-20-10-3-11-21-30)40(31-22-12-4-13-23-31)32-24-14-5-15-25-32/h1-3,6-11,16-21,31-32H,4-5,12-15,22-27H2. The highest BCUT2D eigenvalue weighted by atomic mass is 31.1. The molecule has 2 aliphatic carbocycles. The summed E-state index contributed by atoms with van der Waals surface area (Å²) in [5, 5.41) is 1.70. The Morgan fingerprint density at radius 1 is 0.450 bits per heavy atom. The summed E-state index contributed by atoms with van der Waals surface area (Å²) in [7, 11) is -0.350. The van der Waals surface area contributed by atoms with Crippen molar-refractivity contribution in [3.8, 4) is 33.4 Å². The van der Waals surface area contributed by atoms with Gasteiger partial charge in [0, 0.05) is 0 Å². The van der Waals surface area contributed by atoms with Crippen molar-refractivity contribution in [1.29, 1.82) is 0 Å². The second-order valence-corrected chi connectivity index (χ2v) is 14.7. The van der Waals surface area contributed by atoms with Crippen LogP contribution in [0.1, 0.15) is 75.3 Å². The molecule has 3 aliphatic rings. The van der Waals surface area contributed by atoms with Gasteiger partial charge in [0.2, 0.25) is 0 Å². The number of fused-ring (bicyclic) bond motifs is 1. The van der Waals surface area contributed by atoms with Crippen LogP contribution < -0.4 is 5.30 Å². The van der Waals surface area contributed by atoms with E-state index in [-0.39, 0.29) is 7.92 Å². The van der Waals surface area contributed by atoms with Crippen LogP contribution in [0.2, 0.25) is 0 Å². The van der Waals surface area contributed by atoms with Crippen molar-refractivity contribution in [2.75, 3.05) is 0 Å². The average molecular weight is 545 g/mol. The Morgan fingerprint density at radius 3 is 1.32 bits per heavy atom. The van der Waals surface area contributed by atoms with Crippen molar-refractivity contribution in [2.45, 2.75) is 88.7 Å². The SMILES string of the molecule is c1ccc(-c2c3c(c(-c4ccccc4)c(P(C4CCCCC4)C4CCCCC4)c2-c2ccccc2)COC3)cc1. The topological polar surface area (TPSA) is 9.23 Å². The lowest BCUT2D eigenvalue weighted by atomic mass is 9.84. The molecule has 1 heterocycles. The van der Waals surface area contributed by atoms with E-state index in [2.05, 4.69) is 91.0 Å². The lowest BCUT2D eigenvalue weighted by molar-refractivity contribution is 0.135. The van der Waals surface area contributed by atoms with E-state index in [1.165, 1.54) is 109 Å². The monoisotopic (exact) mass is 544 g/mol. The fraction of sp³-hybridized carbons (Fsp3) is 0.368. The number of rotatable bonds is 6. The summed E-state index contributed by atoms with van der Waals surface area (Å²) in [5.41, 5.74) is 13.1. The predicted octanol–water partition coefficient (Wildman–Crippen LogP) is 10.5. The largest absolute Gasteiger partial charge is 0.372 e. The van der Waals surface area contributed by atoms with Crippen molar-refractivity contribution >= 4 is 13.2 Å². The van der Waals surface area contributed by atoms with Crippen LogP contribution in [0.25, 0.3) is 33.4 Å². The summed E-state index contributed by atoms with van der Waals surface area (Å²) in [6, 6.07) is 34.0. The van der Waals surface area contributed by atoms with Crippen molar-refractivity contribution in [3.63, 3.8) is 0 Å². The van der Waals surface area contributed by atoms with Gasteiger partial charge < -0.3 is 4.74 Å². The highest BCUT2D eigenvalue weighted by Crippen LogP contribution is 2.60. The first-order chi connectivity index (χ1) is 19.9. The smallest absolute Gasteiger partial charge is 0.0731 e. The van der Waals surface area contributed by atoms with E-state index < -0.39 is 0 Å². The van der Waals surface area contributed by atoms with E-state index in [1.807, 2.05) is 0 Å². The Balaban J connectivity index is 1.61. The fourth-order valence-electron chi connectivity index (χ4n) is 7.78. The highest BCUT2D eigenvalue weighted by Gasteiger charge is 2.39. The summed E-state index contributed by atoms with van der Waals surface area (Å²) in [5.74, 6) is 0. The molecule has 0 aromatic heterocycles. The van der Waals surface area contributed by atoms with Crippen molar-refractivity contribution in [2.24, 2.45) is 0 Å². The molecule has 0 radical (unpaired) electrons.